The van der Waals surface area contributed by atoms with Gasteiger partial charge in [0.25, 0.3) is 10.0 Å². The van der Waals surface area contributed by atoms with E-state index in [0.29, 0.717) is 0 Å². The van der Waals surface area contributed by atoms with E-state index in [4.69, 9.17) is 9.47 Å². The summed E-state index contributed by atoms with van der Waals surface area (Å²) in [5, 5.41) is 1.47. The highest BCUT2D eigenvalue weighted by Gasteiger charge is 2.26. The lowest BCUT2D eigenvalue weighted by Gasteiger charge is -2.09. The number of methoxy groups -OCH3 is 3. The maximum absolute atomic E-state index is 12.4. The molecule has 0 atom stereocenters. The van der Waals surface area contributed by atoms with E-state index in [1.165, 1.54) is 38.8 Å². The van der Waals surface area contributed by atoms with E-state index >= 15 is 0 Å². The third-order valence-electron chi connectivity index (χ3n) is 2.61. The topological polar surface area (TPSA) is 117 Å². The summed E-state index contributed by atoms with van der Waals surface area (Å²) < 4.78 is 41.5. The van der Waals surface area contributed by atoms with Gasteiger partial charge in [0.2, 0.25) is 17.7 Å². The molecule has 0 aliphatic heterocycles. The second kappa shape index (κ2) is 6.79. The van der Waals surface area contributed by atoms with Crippen molar-refractivity contribution in [3.8, 4) is 11.8 Å². The van der Waals surface area contributed by atoms with Crippen molar-refractivity contribution in [2.45, 2.75) is 4.90 Å². The number of carbonyl (C=O) groups is 1. The van der Waals surface area contributed by atoms with Crippen LogP contribution in [0.1, 0.15) is 9.67 Å². The normalized spacial score (nSPS) is 10.9. The Labute approximate surface area is 136 Å². The predicted molar refractivity (Wildman–Crippen MR) is 81.6 cm³/mol. The number of rotatable bonds is 6. The molecule has 0 saturated carbocycles. The molecule has 0 amide bonds. The van der Waals surface area contributed by atoms with Gasteiger partial charge in [-0.05, 0) is 11.4 Å². The zero-order valence-corrected chi connectivity index (χ0v) is 14.0. The van der Waals surface area contributed by atoms with E-state index in [1.54, 1.807) is 0 Å². The van der Waals surface area contributed by atoms with Gasteiger partial charge in [0.15, 0.2) is 0 Å². The number of aromatic nitrogens is 2. The van der Waals surface area contributed by atoms with Crippen LogP contribution in [-0.4, -0.2) is 45.7 Å². The second-order valence-electron chi connectivity index (χ2n) is 3.99. The van der Waals surface area contributed by atoms with E-state index < -0.39 is 16.0 Å². The van der Waals surface area contributed by atoms with Crippen molar-refractivity contribution in [2.24, 2.45) is 0 Å². The third-order valence-corrected chi connectivity index (χ3v) is 5.01. The first-order chi connectivity index (χ1) is 10.9. The van der Waals surface area contributed by atoms with E-state index in [0.717, 1.165) is 11.3 Å². The Balaban J connectivity index is 2.39. The average Bonchev–Trinajstić information content (AvgIpc) is 3.03. The van der Waals surface area contributed by atoms with Crippen LogP contribution in [0.25, 0.3) is 0 Å². The van der Waals surface area contributed by atoms with Gasteiger partial charge in [0, 0.05) is 0 Å². The SMILES string of the molecule is COC(=O)c1sccc1S(=O)(=O)Nc1nc(OC)cc(OC)n1. The molecule has 0 saturated heterocycles. The van der Waals surface area contributed by atoms with Crippen LogP contribution in [0.2, 0.25) is 0 Å². The third kappa shape index (κ3) is 3.68. The summed E-state index contributed by atoms with van der Waals surface area (Å²) in [7, 11) is -0.175. The molecule has 0 aliphatic rings. The van der Waals surface area contributed by atoms with Crippen LogP contribution in [0.4, 0.5) is 5.95 Å². The Bertz CT molecular complexity index is 796. The van der Waals surface area contributed by atoms with Crippen LogP contribution < -0.4 is 14.2 Å². The van der Waals surface area contributed by atoms with E-state index in [1.807, 2.05) is 0 Å². The first-order valence-corrected chi connectivity index (χ1v) is 8.43. The molecule has 0 fully saturated rings. The minimum absolute atomic E-state index is 0.0464. The second-order valence-corrected chi connectivity index (χ2v) is 6.55. The molecule has 2 rings (SSSR count). The summed E-state index contributed by atoms with van der Waals surface area (Å²) in [4.78, 5) is 19.1. The molecular weight excluding hydrogens is 346 g/mol. The maximum Gasteiger partial charge on any atom is 0.349 e. The van der Waals surface area contributed by atoms with Crippen molar-refractivity contribution in [3.63, 3.8) is 0 Å². The van der Waals surface area contributed by atoms with Crippen molar-refractivity contribution in [1.82, 2.24) is 9.97 Å². The number of hydrogen-bond acceptors (Lipinski definition) is 9. The molecule has 2 heterocycles. The number of hydrogen-bond donors (Lipinski definition) is 1. The van der Waals surface area contributed by atoms with Gasteiger partial charge in [-0.15, -0.1) is 11.3 Å². The number of esters is 1. The van der Waals surface area contributed by atoms with Crippen molar-refractivity contribution >= 4 is 33.3 Å². The van der Waals surface area contributed by atoms with Crippen LogP contribution in [0.3, 0.4) is 0 Å². The number of ether oxygens (including phenoxy) is 3. The van der Waals surface area contributed by atoms with Crippen LogP contribution in [0, 0.1) is 0 Å². The number of anilines is 1. The number of thiophene rings is 1. The molecule has 2 aromatic rings. The molecule has 0 spiro atoms. The number of nitrogens with zero attached hydrogens (tertiary/aromatic N) is 2. The van der Waals surface area contributed by atoms with Gasteiger partial charge in [-0.1, -0.05) is 0 Å². The molecule has 9 nitrogen and oxygen atoms in total. The molecular formula is C12H13N3O6S2. The fraction of sp³-hybridized carbons (Fsp3) is 0.250. The molecule has 0 bridgehead atoms. The fourth-order valence-electron chi connectivity index (χ4n) is 1.58. The lowest BCUT2D eigenvalue weighted by Crippen LogP contribution is -2.17. The Kier molecular flexibility index (Phi) is 5.01. The molecule has 11 heteroatoms. The van der Waals surface area contributed by atoms with Gasteiger partial charge in [0.1, 0.15) is 9.77 Å². The highest BCUT2D eigenvalue weighted by Crippen LogP contribution is 2.25. The van der Waals surface area contributed by atoms with E-state index in [9.17, 15) is 13.2 Å². The van der Waals surface area contributed by atoms with Gasteiger partial charge >= 0.3 is 5.97 Å². The van der Waals surface area contributed by atoms with Crippen molar-refractivity contribution in [3.05, 3.63) is 22.4 Å². The van der Waals surface area contributed by atoms with Crippen molar-refractivity contribution in [1.29, 1.82) is 0 Å². The van der Waals surface area contributed by atoms with Crippen molar-refractivity contribution < 1.29 is 27.4 Å². The van der Waals surface area contributed by atoms with E-state index in [-0.39, 0.29) is 27.5 Å². The molecule has 1 N–H and O–H groups in total. The molecule has 0 aromatic carbocycles. The first-order valence-electron chi connectivity index (χ1n) is 6.07. The zero-order valence-electron chi connectivity index (χ0n) is 12.4. The summed E-state index contributed by atoms with van der Waals surface area (Å²) in [6.45, 7) is 0. The molecule has 0 radical (unpaired) electrons. The van der Waals surface area contributed by atoms with Gasteiger partial charge in [-0.25, -0.2) is 17.9 Å². The summed E-state index contributed by atoms with van der Waals surface area (Å²) in [5.41, 5.74) is 0. The van der Waals surface area contributed by atoms with Gasteiger partial charge in [-0.2, -0.15) is 9.97 Å². The Morgan fingerprint density at radius 3 is 2.30 bits per heavy atom. The number of sulfonamides is 1. The van der Waals surface area contributed by atoms with Gasteiger partial charge in [-0.3, -0.25) is 0 Å². The van der Waals surface area contributed by atoms with Crippen LogP contribution >= 0.6 is 11.3 Å². The minimum atomic E-state index is -4.08. The summed E-state index contributed by atoms with van der Waals surface area (Å²) >= 11 is 0.951. The smallest absolute Gasteiger partial charge is 0.349 e. The maximum atomic E-state index is 12.4. The molecule has 0 unspecified atom stereocenters. The molecule has 0 aliphatic carbocycles. The first kappa shape index (κ1) is 17.0. The summed E-state index contributed by atoms with van der Waals surface area (Å²) in [6.07, 6.45) is 0. The zero-order chi connectivity index (χ0) is 17.0. The van der Waals surface area contributed by atoms with Gasteiger partial charge in [0.05, 0.1) is 27.4 Å². The minimum Gasteiger partial charge on any atom is -0.481 e. The molecule has 124 valence electrons. The summed E-state index contributed by atoms with van der Waals surface area (Å²) in [6, 6.07) is 2.68. The molecule has 23 heavy (non-hydrogen) atoms. The van der Waals surface area contributed by atoms with Crippen LogP contribution in [-0.2, 0) is 14.8 Å². The average molecular weight is 359 g/mol. The molecule has 2 aromatic heterocycles. The highest BCUT2D eigenvalue weighted by atomic mass is 32.2. The Morgan fingerprint density at radius 1 is 1.17 bits per heavy atom. The predicted octanol–water partition coefficient (Wildman–Crippen LogP) is 1.14. The van der Waals surface area contributed by atoms with Crippen LogP contribution in [0.15, 0.2) is 22.4 Å². The largest absolute Gasteiger partial charge is 0.481 e. The monoisotopic (exact) mass is 359 g/mol. The van der Waals surface area contributed by atoms with Gasteiger partial charge < -0.3 is 14.2 Å². The summed E-state index contributed by atoms with van der Waals surface area (Å²) in [5.74, 6) is -0.756. The number of carbonyl (C=O) groups excluding carboxylic acids is 1. The van der Waals surface area contributed by atoms with Crippen molar-refractivity contribution in [2.75, 3.05) is 26.1 Å². The fourth-order valence-corrected chi connectivity index (χ4v) is 3.86. The number of nitrogens with one attached hydrogen (secondary N) is 1. The lowest BCUT2D eigenvalue weighted by atomic mass is 10.5. The Morgan fingerprint density at radius 2 is 1.78 bits per heavy atom. The highest BCUT2D eigenvalue weighted by molar-refractivity contribution is 7.93. The van der Waals surface area contributed by atoms with E-state index in [2.05, 4.69) is 19.4 Å². The quantitative estimate of drug-likeness (QED) is 0.763. The lowest BCUT2D eigenvalue weighted by molar-refractivity contribution is 0.0602. The van der Waals surface area contributed by atoms with Crippen LogP contribution in [0.5, 0.6) is 11.8 Å². The Hall–Kier alpha value is -2.40. The standard InChI is InChI=1S/C12H13N3O6S2/c1-19-8-6-9(20-2)14-12(13-8)15-23(17,18)7-4-5-22-10(7)11(16)21-3/h4-6H,1-3H3,(H,13,14,15).